The number of carbonyl (C=O) groups excluding carboxylic acids is 1. The maximum atomic E-state index is 12.0. The average molecular weight is 259 g/mol. The number of aryl methyl sites for hydroxylation is 1. The van der Waals surface area contributed by atoms with E-state index in [0.717, 1.165) is 29.7 Å². The number of rotatable bonds is 3. The van der Waals surface area contributed by atoms with E-state index < -0.39 is 6.04 Å². The number of aliphatic imine (C=N–C) groups is 1. The summed E-state index contributed by atoms with van der Waals surface area (Å²) in [6.07, 6.45) is 2.31. The number of methoxy groups -OCH3 is 1. The smallest absolute Gasteiger partial charge is 0.256 e. The first-order valence-electron chi connectivity index (χ1n) is 6.47. The van der Waals surface area contributed by atoms with Gasteiger partial charge in [-0.2, -0.15) is 0 Å². The van der Waals surface area contributed by atoms with Crippen molar-refractivity contribution in [3.63, 3.8) is 0 Å². The van der Waals surface area contributed by atoms with Crippen molar-refractivity contribution in [1.82, 2.24) is 10.6 Å². The van der Waals surface area contributed by atoms with Crippen LogP contribution in [0.25, 0.3) is 0 Å². The predicted octanol–water partition coefficient (Wildman–Crippen LogP) is 1.28. The Morgan fingerprint density at radius 1 is 1.42 bits per heavy atom. The Morgan fingerprint density at radius 2 is 2.21 bits per heavy atom. The molecule has 1 fully saturated rings. The zero-order chi connectivity index (χ0) is 13.4. The zero-order valence-corrected chi connectivity index (χ0v) is 11.1. The molecular formula is C14H17N3O2. The van der Waals surface area contributed by atoms with Gasteiger partial charge in [-0.3, -0.25) is 10.1 Å². The summed E-state index contributed by atoms with van der Waals surface area (Å²) in [5.41, 5.74) is 1.90. The number of hydrogen-bond donors (Lipinski definition) is 2. The van der Waals surface area contributed by atoms with Gasteiger partial charge in [-0.05, 0) is 43.0 Å². The first-order valence-corrected chi connectivity index (χ1v) is 6.47. The molecule has 19 heavy (non-hydrogen) atoms. The minimum Gasteiger partial charge on any atom is -0.496 e. The van der Waals surface area contributed by atoms with E-state index >= 15 is 0 Å². The van der Waals surface area contributed by atoms with Crippen LogP contribution in [0.5, 0.6) is 5.75 Å². The highest BCUT2D eigenvalue weighted by atomic mass is 16.5. The monoisotopic (exact) mass is 259 g/mol. The lowest BCUT2D eigenvalue weighted by Crippen LogP contribution is -2.37. The fourth-order valence-electron chi connectivity index (χ4n) is 2.20. The summed E-state index contributed by atoms with van der Waals surface area (Å²) < 4.78 is 5.22. The van der Waals surface area contributed by atoms with Crippen LogP contribution in [0.15, 0.2) is 23.2 Å². The quantitative estimate of drug-likeness (QED) is 0.859. The normalized spacial score (nSPS) is 21.9. The fourth-order valence-corrected chi connectivity index (χ4v) is 2.20. The van der Waals surface area contributed by atoms with Gasteiger partial charge < -0.3 is 10.1 Å². The third-order valence-electron chi connectivity index (χ3n) is 3.40. The lowest BCUT2D eigenvalue weighted by Gasteiger charge is -2.09. The fraction of sp³-hybridized carbons (Fsp3) is 0.429. The summed E-state index contributed by atoms with van der Waals surface area (Å²) >= 11 is 0. The van der Waals surface area contributed by atoms with Crippen LogP contribution in [0.2, 0.25) is 0 Å². The summed E-state index contributed by atoms with van der Waals surface area (Å²) in [4.78, 5) is 16.4. The van der Waals surface area contributed by atoms with Crippen molar-refractivity contribution < 1.29 is 9.53 Å². The van der Waals surface area contributed by atoms with Crippen molar-refractivity contribution >= 4 is 11.9 Å². The maximum absolute atomic E-state index is 12.0. The van der Waals surface area contributed by atoms with E-state index in [9.17, 15) is 4.79 Å². The molecule has 2 N–H and O–H groups in total. The van der Waals surface area contributed by atoms with E-state index in [-0.39, 0.29) is 5.91 Å². The molecule has 0 radical (unpaired) electrons. The predicted molar refractivity (Wildman–Crippen MR) is 72.2 cm³/mol. The van der Waals surface area contributed by atoms with Crippen molar-refractivity contribution in [2.24, 2.45) is 4.99 Å². The first kappa shape index (κ1) is 12.0. The summed E-state index contributed by atoms with van der Waals surface area (Å²) in [5.74, 6) is 1.35. The van der Waals surface area contributed by atoms with Crippen LogP contribution >= 0.6 is 0 Å². The standard InChI is InChI=1S/C14H17N3O2/c1-8-7-9(3-6-11(8)19-2)12-13(18)17-14(16-12)15-10-4-5-10/h3,6-7,10,12H,4-5H2,1-2H3,(H2,15,16,17,18). The van der Waals surface area contributed by atoms with Crippen LogP contribution in [0, 0.1) is 6.92 Å². The minimum atomic E-state index is -0.453. The molecule has 2 aliphatic rings. The maximum Gasteiger partial charge on any atom is 0.256 e. The van der Waals surface area contributed by atoms with E-state index in [1.54, 1.807) is 7.11 Å². The van der Waals surface area contributed by atoms with Gasteiger partial charge >= 0.3 is 0 Å². The molecule has 1 amide bonds. The Bertz CT molecular complexity index is 550. The molecule has 0 aromatic heterocycles. The molecule has 1 aromatic rings. The van der Waals surface area contributed by atoms with Crippen molar-refractivity contribution in [2.45, 2.75) is 31.8 Å². The average Bonchev–Trinajstić information content (AvgIpc) is 3.12. The van der Waals surface area contributed by atoms with Gasteiger partial charge in [0.05, 0.1) is 7.11 Å². The molecule has 5 heteroatoms. The van der Waals surface area contributed by atoms with Crippen LogP contribution in [0.3, 0.4) is 0 Å². The van der Waals surface area contributed by atoms with Crippen LogP contribution in [-0.2, 0) is 4.79 Å². The molecule has 0 spiro atoms. The molecule has 1 aliphatic heterocycles. The van der Waals surface area contributed by atoms with Crippen LogP contribution < -0.4 is 15.4 Å². The number of ether oxygens (including phenoxy) is 1. The second-order valence-corrected chi connectivity index (χ2v) is 5.02. The molecule has 100 valence electrons. The van der Waals surface area contributed by atoms with E-state index in [1.165, 1.54) is 0 Å². The summed E-state index contributed by atoms with van der Waals surface area (Å²) in [5, 5.41) is 6.00. The third kappa shape index (κ3) is 2.41. The first-order chi connectivity index (χ1) is 9.17. The Morgan fingerprint density at radius 3 is 2.84 bits per heavy atom. The number of amides is 1. The Labute approximate surface area is 112 Å². The molecule has 0 saturated heterocycles. The van der Waals surface area contributed by atoms with Crippen LogP contribution in [-0.4, -0.2) is 25.0 Å². The van der Waals surface area contributed by atoms with Gasteiger partial charge in [0.1, 0.15) is 5.75 Å². The Kier molecular flexibility index (Phi) is 2.89. The van der Waals surface area contributed by atoms with E-state index in [1.807, 2.05) is 25.1 Å². The van der Waals surface area contributed by atoms with Gasteiger partial charge in [-0.25, -0.2) is 4.99 Å². The molecule has 0 bridgehead atoms. The molecule has 3 rings (SSSR count). The molecule has 1 saturated carbocycles. The van der Waals surface area contributed by atoms with E-state index in [0.29, 0.717) is 12.0 Å². The van der Waals surface area contributed by atoms with Gasteiger partial charge in [-0.1, -0.05) is 6.07 Å². The van der Waals surface area contributed by atoms with Gasteiger partial charge in [0, 0.05) is 6.04 Å². The van der Waals surface area contributed by atoms with Gasteiger partial charge in [0.2, 0.25) is 0 Å². The SMILES string of the molecule is COc1ccc(C2N=C(NC3CC3)NC2=O)cc1C. The largest absolute Gasteiger partial charge is 0.496 e. The number of nitrogens with one attached hydrogen (secondary N) is 2. The molecule has 1 heterocycles. The molecular weight excluding hydrogens is 242 g/mol. The third-order valence-corrected chi connectivity index (χ3v) is 3.40. The highest BCUT2D eigenvalue weighted by molar-refractivity contribution is 6.05. The molecule has 1 aliphatic carbocycles. The Hall–Kier alpha value is -2.04. The Balaban J connectivity index is 1.82. The number of guanidine groups is 1. The van der Waals surface area contributed by atoms with Crippen molar-refractivity contribution in [2.75, 3.05) is 7.11 Å². The van der Waals surface area contributed by atoms with E-state index in [2.05, 4.69) is 15.6 Å². The van der Waals surface area contributed by atoms with Crippen LogP contribution in [0.1, 0.15) is 30.0 Å². The number of nitrogens with zero attached hydrogens (tertiary/aromatic N) is 1. The highest BCUT2D eigenvalue weighted by Crippen LogP contribution is 2.27. The van der Waals surface area contributed by atoms with Gasteiger partial charge in [0.25, 0.3) is 5.91 Å². The van der Waals surface area contributed by atoms with Crippen molar-refractivity contribution in [3.8, 4) is 5.75 Å². The summed E-state index contributed by atoms with van der Waals surface area (Å²) in [7, 11) is 1.64. The molecule has 1 unspecified atom stereocenters. The van der Waals surface area contributed by atoms with Gasteiger partial charge in [-0.15, -0.1) is 0 Å². The molecule has 1 atom stereocenters. The lowest BCUT2D eigenvalue weighted by atomic mass is 10.0. The topological polar surface area (TPSA) is 62.7 Å². The number of hydrogen-bond acceptors (Lipinski definition) is 4. The number of carbonyl (C=O) groups is 1. The molecule has 5 nitrogen and oxygen atoms in total. The van der Waals surface area contributed by atoms with Crippen molar-refractivity contribution in [1.29, 1.82) is 0 Å². The second kappa shape index (κ2) is 4.57. The molecule has 1 aromatic carbocycles. The lowest BCUT2D eigenvalue weighted by molar-refractivity contribution is -0.120. The zero-order valence-electron chi connectivity index (χ0n) is 11.1. The highest BCUT2D eigenvalue weighted by Gasteiger charge is 2.31. The summed E-state index contributed by atoms with van der Waals surface area (Å²) in [6.45, 7) is 1.96. The summed E-state index contributed by atoms with van der Waals surface area (Å²) in [6, 6.07) is 5.74. The minimum absolute atomic E-state index is 0.0762. The van der Waals surface area contributed by atoms with Gasteiger partial charge in [0.15, 0.2) is 12.0 Å². The van der Waals surface area contributed by atoms with Crippen molar-refractivity contribution in [3.05, 3.63) is 29.3 Å². The second-order valence-electron chi connectivity index (χ2n) is 5.02. The number of benzene rings is 1. The van der Waals surface area contributed by atoms with Crippen LogP contribution in [0.4, 0.5) is 0 Å². The van der Waals surface area contributed by atoms with E-state index in [4.69, 9.17) is 4.74 Å².